The van der Waals surface area contributed by atoms with Crippen molar-refractivity contribution in [3.8, 4) is 0 Å². The molecule has 5 nitrogen and oxygen atoms in total. The Morgan fingerprint density at radius 3 is 2.71 bits per heavy atom. The summed E-state index contributed by atoms with van der Waals surface area (Å²) in [6, 6.07) is 0. The minimum atomic E-state index is -0.331. The number of nitrogens with two attached hydrogens (primary N) is 1. The van der Waals surface area contributed by atoms with Gasteiger partial charge in [-0.15, -0.1) is 0 Å². The Morgan fingerprint density at radius 1 is 1.50 bits per heavy atom. The predicted molar refractivity (Wildman–Crippen MR) is 51.5 cm³/mol. The number of hydrogen-bond acceptors (Lipinski definition) is 3. The zero-order valence-electron chi connectivity index (χ0n) is 8.25. The second-order valence-corrected chi connectivity index (χ2v) is 3.61. The van der Waals surface area contributed by atoms with Crippen LogP contribution in [0.15, 0.2) is 12.3 Å². The number of rotatable bonds is 4. The molecular weight excluding hydrogens is 182 g/mol. The first-order chi connectivity index (χ1) is 6.74. The van der Waals surface area contributed by atoms with E-state index in [1.54, 1.807) is 5.48 Å². The van der Waals surface area contributed by atoms with Crippen molar-refractivity contribution in [3.63, 3.8) is 0 Å². The summed E-state index contributed by atoms with van der Waals surface area (Å²) < 4.78 is 0. The molecule has 0 atom stereocenters. The smallest absolute Gasteiger partial charge is 0.269 e. The van der Waals surface area contributed by atoms with Crippen LogP contribution in [0, 0.1) is 5.92 Å². The molecule has 0 unspecified atom stereocenters. The lowest BCUT2D eigenvalue weighted by molar-refractivity contribution is -0.664. The molecule has 5 N–H and O–H groups in total. The van der Waals surface area contributed by atoms with Crippen LogP contribution in [0.3, 0.4) is 0 Å². The normalized spacial score (nSPS) is 17.5. The fourth-order valence-corrected chi connectivity index (χ4v) is 1.59. The number of quaternary nitrogens is 1. The molecule has 0 radical (unpaired) electrons. The van der Waals surface area contributed by atoms with Crippen LogP contribution in [0.4, 0.5) is 0 Å². The highest BCUT2D eigenvalue weighted by atomic mass is 16.5. The van der Waals surface area contributed by atoms with Crippen molar-refractivity contribution in [2.45, 2.75) is 12.8 Å². The van der Waals surface area contributed by atoms with Crippen LogP contribution in [0.2, 0.25) is 0 Å². The Kier molecular flexibility index (Phi) is 4.42. The van der Waals surface area contributed by atoms with Crippen molar-refractivity contribution >= 4 is 5.91 Å². The summed E-state index contributed by atoms with van der Waals surface area (Å²) in [5.74, 6) is 0.234. The molecule has 1 aliphatic rings. The molecule has 80 valence electrons. The molecule has 1 aliphatic heterocycles. The van der Waals surface area contributed by atoms with Gasteiger partial charge in [0.05, 0.1) is 13.1 Å². The summed E-state index contributed by atoms with van der Waals surface area (Å²) >= 11 is 0. The molecule has 1 fully saturated rings. The zero-order chi connectivity index (χ0) is 10.4. The van der Waals surface area contributed by atoms with Gasteiger partial charge in [-0.3, -0.25) is 15.5 Å². The SMILES string of the molecule is C=C(NO)C(=O)NCC1CC[NH2+]CC1. The van der Waals surface area contributed by atoms with Crippen molar-refractivity contribution in [2.75, 3.05) is 19.6 Å². The average Bonchev–Trinajstić information content (AvgIpc) is 2.26. The molecule has 0 spiro atoms. The van der Waals surface area contributed by atoms with Crippen molar-refractivity contribution < 1.29 is 15.3 Å². The highest BCUT2D eigenvalue weighted by Crippen LogP contribution is 2.06. The number of amides is 1. The quantitative estimate of drug-likeness (QED) is 0.332. The Hall–Kier alpha value is -1.07. The lowest BCUT2D eigenvalue weighted by atomic mass is 9.98. The van der Waals surface area contributed by atoms with Crippen LogP contribution in [0.5, 0.6) is 0 Å². The van der Waals surface area contributed by atoms with Crippen molar-refractivity contribution in [2.24, 2.45) is 5.92 Å². The maximum atomic E-state index is 11.2. The van der Waals surface area contributed by atoms with E-state index in [1.807, 2.05) is 0 Å². The third-order valence-corrected chi connectivity index (χ3v) is 2.52. The van der Waals surface area contributed by atoms with Crippen LogP contribution in [-0.4, -0.2) is 30.7 Å². The number of piperidine rings is 1. The second kappa shape index (κ2) is 5.62. The van der Waals surface area contributed by atoms with Gasteiger partial charge in [-0.2, -0.15) is 0 Å². The summed E-state index contributed by atoms with van der Waals surface area (Å²) in [4.78, 5) is 11.2. The number of carbonyl (C=O) groups excluding carboxylic acids is 1. The Labute approximate surface area is 83.5 Å². The van der Waals surface area contributed by atoms with Crippen molar-refractivity contribution in [3.05, 3.63) is 12.3 Å². The Bertz CT molecular complexity index is 212. The van der Waals surface area contributed by atoms with E-state index in [1.165, 1.54) is 0 Å². The van der Waals surface area contributed by atoms with Gasteiger partial charge in [0.2, 0.25) is 0 Å². The summed E-state index contributed by atoms with van der Waals surface area (Å²) in [5.41, 5.74) is 1.73. The summed E-state index contributed by atoms with van der Waals surface area (Å²) in [6.45, 7) is 6.31. The Balaban J connectivity index is 2.18. The van der Waals surface area contributed by atoms with E-state index in [2.05, 4.69) is 17.2 Å². The first-order valence-electron chi connectivity index (χ1n) is 4.93. The van der Waals surface area contributed by atoms with Gasteiger partial charge in [0.1, 0.15) is 5.70 Å². The summed E-state index contributed by atoms with van der Waals surface area (Å²) in [5, 5.41) is 13.4. The van der Waals surface area contributed by atoms with E-state index in [9.17, 15) is 4.79 Å². The van der Waals surface area contributed by atoms with Crippen molar-refractivity contribution in [1.29, 1.82) is 0 Å². The van der Waals surface area contributed by atoms with E-state index in [4.69, 9.17) is 5.21 Å². The third kappa shape index (κ3) is 3.35. The minimum absolute atomic E-state index is 0.00706. The summed E-state index contributed by atoms with van der Waals surface area (Å²) in [7, 11) is 0. The van der Waals surface area contributed by atoms with Gasteiger partial charge < -0.3 is 10.6 Å². The van der Waals surface area contributed by atoms with Crippen LogP contribution < -0.4 is 16.1 Å². The summed E-state index contributed by atoms with van der Waals surface area (Å²) in [6.07, 6.45) is 2.28. The molecule has 1 heterocycles. The molecular formula is C9H18N3O2+. The van der Waals surface area contributed by atoms with Gasteiger partial charge in [0.25, 0.3) is 5.91 Å². The molecule has 14 heavy (non-hydrogen) atoms. The highest BCUT2D eigenvalue weighted by Gasteiger charge is 2.16. The van der Waals surface area contributed by atoms with E-state index in [0.29, 0.717) is 12.5 Å². The van der Waals surface area contributed by atoms with Gasteiger partial charge >= 0.3 is 0 Å². The third-order valence-electron chi connectivity index (χ3n) is 2.52. The van der Waals surface area contributed by atoms with Crippen molar-refractivity contribution in [1.82, 2.24) is 10.8 Å². The number of carbonyl (C=O) groups is 1. The van der Waals surface area contributed by atoms with Gasteiger partial charge in [-0.25, -0.2) is 0 Å². The first-order valence-corrected chi connectivity index (χ1v) is 4.93. The van der Waals surface area contributed by atoms with Gasteiger partial charge in [-0.05, 0) is 5.92 Å². The fourth-order valence-electron chi connectivity index (χ4n) is 1.59. The molecule has 0 saturated carbocycles. The monoisotopic (exact) mass is 200 g/mol. The van der Waals surface area contributed by atoms with E-state index in [-0.39, 0.29) is 11.6 Å². The van der Waals surface area contributed by atoms with Crippen LogP contribution in [0.1, 0.15) is 12.8 Å². The predicted octanol–water partition coefficient (Wildman–Crippen LogP) is -1.43. The standard InChI is InChI=1S/C9H17N3O2/c1-7(12-14)9(13)11-6-8-2-4-10-5-3-8/h8,10,12,14H,1-6H2,(H,11,13)/p+1. The molecule has 0 bridgehead atoms. The molecule has 0 aromatic rings. The highest BCUT2D eigenvalue weighted by molar-refractivity contribution is 5.91. The molecule has 0 aliphatic carbocycles. The molecule has 1 saturated heterocycles. The number of hydrogen-bond donors (Lipinski definition) is 4. The lowest BCUT2D eigenvalue weighted by Gasteiger charge is -2.20. The van der Waals surface area contributed by atoms with Gasteiger partial charge in [-0.1, -0.05) is 6.58 Å². The van der Waals surface area contributed by atoms with Gasteiger partial charge in [0.15, 0.2) is 0 Å². The average molecular weight is 200 g/mol. The lowest BCUT2D eigenvalue weighted by Crippen LogP contribution is -2.86. The number of nitrogens with one attached hydrogen (secondary N) is 2. The number of hydroxylamine groups is 1. The van der Waals surface area contributed by atoms with E-state index in [0.717, 1.165) is 25.9 Å². The topological polar surface area (TPSA) is 78.0 Å². The Morgan fingerprint density at radius 2 is 2.14 bits per heavy atom. The van der Waals surface area contributed by atoms with Crippen LogP contribution >= 0.6 is 0 Å². The molecule has 1 rings (SSSR count). The van der Waals surface area contributed by atoms with E-state index < -0.39 is 0 Å². The molecule has 0 aromatic carbocycles. The van der Waals surface area contributed by atoms with Crippen LogP contribution in [0.25, 0.3) is 0 Å². The maximum absolute atomic E-state index is 11.2. The first kappa shape index (κ1) is 11.0. The maximum Gasteiger partial charge on any atom is 0.269 e. The largest absolute Gasteiger partial charge is 0.350 e. The fraction of sp³-hybridized carbons (Fsp3) is 0.667. The van der Waals surface area contributed by atoms with E-state index >= 15 is 0 Å². The molecule has 1 amide bonds. The molecule has 5 heteroatoms. The molecule has 0 aromatic heterocycles. The van der Waals surface area contributed by atoms with Gasteiger partial charge in [0, 0.05) is 19.4 Å². The minimum Gasteiger partial charge on any atom is -0.350 e. The zero-order valence-corrected chi connectivity index (χ0v) is 8.25. The van der Waals surface area contributed by atoms with Crippen LogP contribution in [-0.2, 0) is 4.79 Å². The second-order valence-electron chi connectivity index (χ2n) is 3.61.